The molecule has 0 aliphatic carbocycles. The summed E-state index contributed by atoms with van der Waals surface area (Å²) in [6, 6.07) is 5.20. The molecule has 0 fully saturated rings. The first-order chi connectivity index (χ1) is 9.81. The smallest absolute Gasteiger partial charge is 0.268 e. The molecule has 0 aliphatic rings. The summed E-state index contributed by atoms with van der Waals surface area (Å²) >= 11 is 0. The quantitative estimate of drug-likeness (QED) is 0.823. The lowest BCUT2D eigenvalue weighted by Crippen LogP contribution is -2.34. The number of hydrogen-bond donors (Lipinski definition) is 2. The molecule has 1 aromatic rings. The molecular formula is C15H22N4O2. The summed E-state index contributed by atoms with van der Waals surface area (Å²) in [5, 5.41) is 11.6. The summed E-state index contributed by atoms with van der Waals surface area (Å²) in [6.07, 6.45) is 0.178. The van der Waals surface area contributed by atoms with Crippen molar-refractivity contribution in [2.24, 2.45) is 5.73 Å². The van der Waals surface area contributed by atoms with Gasteiger partial charge in [-0.2, -0.15) is 5.26 Å². The van der Waals surface area contributed by atoms with Crippen LogP contribution in [0.5, 0.6) is 0 Å². The van der Waals surface area contributed by atoms with Crippen molar-refractivity contribution in [3.8, 4) is 6.07 Å². The van der Waals surface area contributed by atoms with Gasteiger partial charge >= 0.3 is 0 Å². The molecule has 0 spiro atoms. The third kappa shape index (κ3) is 4.43. The molecule has 0 aromatic carbocycles. The number of nitrogens with one attached hydrogen (secondary N) is 1. The van der Waals surface area contributed by atoms with E-state index in [1.807, 2.05) is 26.8 Å². The van der Waals surface area contributed by atoms with Crippen molar-refractivity contribution in [1.82, 2.24) is 9.88 Å². The summed E-state index contributed by atoms with van der Waals surface area (Å²) in [4.78, 5) is 23.9. The number of rotatable bonds is 5. The zero-order chi connectivity index (χ0) is 16.0. The van der Waals surface area contributed by atoms with Crippen LogP contribution in [0.3, 0.4) is 0 Å². The molecule has 0 radical (unpaired) electrons. The highest BCUT2D eigenvalue weighted by molar-refractivity contribution is 5.75. The van der Waals surface area contributed by atoms with E-state index in [1.54, 1.807) is 6.07 Å². The molecule has 1 heterocycles. The van der Waals surface area contributed by atoms with Gasteiger partial charge in [-0.25, -0.2) is 0 Å². The molecule has 114 valence electrons. The second kappa shape index (κ2) is 7.04. The first-order valence-corrected chi connectivity index (χ1v) is 6.92. The largest absolute Gasteiger partial charge is 0.355 e. The number of carbonyl (C=O) groups excluding carboxylic acids is 1. The maximum absolute atomic E-state index is 12.3. The third-order valence-corrected chi connectivity index (χ3v) is 3.09. The molecule has 0 saturated carbocycles. The Bertz CT molecular complexity index is 606. The Morgan fingerprint density at radius 1 is 1.43 bits per heavy atom. The van der Waals surface area contributed by atoms with Crippen LogP contribution in [-0.2, 0) is 16.8 Å². The number of nitrogens with zero attached hydrogens (tertiary/aromatic N) is 2. The van der Waals surface area contributed by atoms with Gasteiger partial charge in [0.1, 0.15) is 11.6 Å². The minimum absolute atomic E-state index is 0.0883. The van der Waals surface area contributed by atoms with Gasteiger partial charge in [-0.3, -0.25) is 9.59 Å². The van der Waals surface area contributed by atoms with E-state index < -0.39 is 0 Å². The normalized spacial score (nSPS) is 11.0. The highest BCUT2D eigenvalue weighted by Gasteiger charge is 2.20. The van der Waals surface area contributed by atoms with E-state index in [9.17, 15) is 9.59 Å². The number of hydrogen-bond acceptors (Lipinski definition) is 4. The van der Waals surface area contributed by atoms with Crippen molar-refractivity contribution < 1.29 is 4.79 Å². The zero-order valence-corrected chi connectivity index (χ0v) is 12.8. The molecule has 1 aromatic heterocycles. The number of carbonyl (C=O) groups is 1. The molecule has 0 aliphatic heterocycles. The van der Waals surface area contributed by atoms with Crippen LogP contribution in [0.2, 0.25) is 0 Å². The Morgan fingerprint density at radius 2 is 2.10 bits per heavy atom. The van der Waals surface area contributed by atoms with Crippen LogP contribution < -0.4 is 16.6 Å². The van der Waals surface area contributed by atoms with Crippen LogP contribution in [0.4, 0.5) is 0 Å². The van der Waals surface area contributed by atoms with E-state index in [1.165, 1.54) is 10.6 Å². The molecular weight excluding hydrogens is 268 g/mol. The minimum Gasteiger partial charge on any atom is -0.355 e. The van der Waals surface area contributed by atoms with Gasteiger partial charge in [0.2, 0.25) is 5.91 Å². The van der Waals surface area contributed by atoms with Crippen molar-refractivity contribution in [2.75, 3.05) is 13.1 Å². The lowest BCUT2D eigenvalue weighted by Gasteiger charge is -2.24. The summed E-state index contributed by atoms with van der Waals surface area (Å²) in [5.74, 6) is -0.158. The maximum Gasteiger partial charge on any atom is 0.268 e. The fourth-order valence-electron chi connectivity index (χ4n) is 2.05. The first-order valence-electron chi connectivity index (χ1n) is 6.92. The van der Waals surface area contributed by atoms with Gasteiger partial charge in [0, 0.05) is 37.2 Å². The molecule has 6 heteroatoms. The zero-order valence-electron chi connectivity index (χ0n) is 12.8. The predicted octanol–water partition coefficient (Wildman–Crippen LogP) is 0.482. The minimum atomic E-state index is -0.350. The van der Waals surface area contributed by atoms with Crippen LogP contribution >= 0.6 is 0 Å². The second-order valence-electron chi connectivity index (χ2n) is 5.84. The number of aromatic nitrogens is 1. The van der Waals surface area contributed by atoms with Crippen molar-refractivity contribution >= 4 is 5.91 Å². The Labute approximate surface area is 124 Å². The summed E-state index contributed by atoms with van der Waals surface area (Å²) in [6.45, 7) is 6.99. The topological polar surface area (TPSA) is 101 Å². The summed E-state index contributed by atoms with van der Waals surface area (Å²) < 4.78 is 1.51. The Hall–Kier alpha value is -2.13. The van der Waals surface area contributed by atoms with E-state index in [0.717, 1.165) is 5.69 Å². The Balaban J connectivity index is 3.06. The molecule has 0 atom stereocenters. The van der Waals surface area contributed by atoms with E-state index in [-0.39, 0.29) is 35.4 Å². The van der Waals surface area contributed by atoms with Gasteiger partial charge in [0.25, 0.3) is 5.56 Å². The van der Waals surface area contributed by atoms with E-state index >= 15 is 0 Å². The molecule has 0 bridgehead atoms. The average molecular weight is 290 g/mol. The molecule has 0 saturated heterocycles. The van der Waals surface area contributed by atoms with Crippen LogP contribution in [0.1, 0.15) is 38.4 Å². The van der Waals surface area contributed by atoms with Crippen LogP contribution in [0, 0.1) is 11.3 Å². The Kier molecular flexibility index (Phi) is 5.68. The van der Waals surface area contributed by atoms with Crippen molar-refractivity contribution in [1.29, 1.82) is 5.26 Å². The van der Waals surface area contributed by atoms with Crippen LogP contribution in [0.25, 0.3) is 0 Å². The van der Waals surface area contributed by atoms with E-state index in [2.05, 4.69) is 5.32 Å². The van der Waals surface area contributed by atoms with Crippen molar-refractivity contribution in [3.05, 3.63) is 33.7 Å². The van der Waals surface area contributed by atoms with Gasteiger partial charge in [0.05, 0.1) is 0 Å². The highest BCUT2D eigenvalue weighted by Crippen LogP contribution is 2.21. The summed E-state index contributed by atoms with van der Waals surface area (Å²) in [5.41, 5.74) is 5.61. The SMILES string of the molecule is CC(C)(C)c1ccc(C#N)c(=O)n1CCC(=O)NCCN. The van der Waals surface area contributed by atoms with Crippen molar-refractivity contribution in [3.63, 3.8) is 0 Å². The molecule has 1 amide bonds. The van der Waals surface area contributed by atoms with Gasteiger partial charge in [0.15, 0.2) is 0 Å². The van der Waals surface area contributed by atoms with E-state index in [0.29, 0.717) is 13.1 Å². The van der Waals surface area contributed by atoms with Crippen LogP contribution in [0.15, 0.2) is 16.9 Å². The molecule has 6 nitrogen and oxygen atoms in total. The fourth-order valence-corrected chi connectivity index (χ4v) is 2.05. The van der Waals surface area contributed by atoms with Gasteiger partial charge < -0.3 is 15.6 Å². The molecule has 1 rings (SSSR count). The highest BCUT2D eigenvalue weighted by atomic mass is 16.1. The molecule has 21 heavy (non-hydrogen) atoms. The predicted molar refractivity (Wildman–Crippen MR) is 80.8 cm³/mol. The average Bonchev–Trinajstić information content (AvgIpc) is 2.42. The van der Waals surface area contributed by atoms with Gasteiger partial charge in [-0.05, 0) is 12.1 Å². The van der Waals surface area contributed by atoms with E-state index in [4.69, 9.17) is 11.0 Å². The monoisotopic (exact) mass is 290 g/mol. The molecule has 0 unspecified atom stereocenters. The fraction of sp³-hybridized carbons (Fsp3) is 0.533. The van der Waals surface area contributed by atoms with Crippen molar-refractivity contribution in [2.45, 2.75) is 39.2 Å². The Morgan fingerprint density at radius 3 is 2.62 bits per heavy atom. The third-order valence-electron chi connectivity index (χ3n) is 3.09. The first kappa shape index (κ1) is 16.9. The summed E-state index contributed by atoms with van der Waals surface area (Å²) in [7, 11) is 0. The van der Waals surface area contributed by atoms with Crippen LogP contribution in [-0.4, -0.2) is 23.6 Å². The standard InChI is InChI=1S/C15H22N4O2/c1-15(2,3)12-5-4-11(10-17)14(21)19(12)9-6-13(20)18-8-7-16/h4-5H,6-9,16H2,1-3H3,(H,18,20). The number of pyridine rings is 1. The number of nitriles is 1. The number of amides is 1. The van der Waals surface area contributed by atoms with Gasteiger partial charge in [-0.15, -0.1) is 0 Å². The van der Waals surface area contributed by atoms with Gasteiger partial charge in [-0.1, -0.05) is 20.8 Å². The lowest BCUT2D eigenvalue weighted by molar-refractivity contribution is -0.121. The maximum atomic E-state index is 12.3. The molecule has 3 N–H and O–H groups in total. The second-order valence-corrected chi connectivity index (χ2v) is 5.84. The number of nitrogens with two attached hydrogens (primary N) is 1. The lowest BCUT2D eigenvalue weighted by atomic mass is 9.90.